The van der Waals surface area contributed by atoms with Crippen molar-refractivity contribution in [2.24, 2.45) is 0 Å². The molecule has 1 saturated heterocycles. The second-order valence-electron chi connectivity index (χ2n) is 8.29. The van der Waals surface area contributed by atoms with Crippen LogP contribution in [0.1, 0.15) is 5.56 Å². The Balaban J connectivity index is 1.26. The minimum atomic E-state index is -3.56. The third-order valence-electron chi connectivity index (χ3n) is 5.67. The van der Waals surface area contributed by atoms with Crippen molar-refractivity contribution in [1.29, 1.82) is 0 Å². The molecule has 1 heterocycles. The lowest BCUT2D eigenvalue weighted by atomic mass is 10.2. The molecule has 1 amide bonds. The molecule has 1 fully saturated rings. The summed E-state index contributed by atoms with van der Waals surface area (Å²) in [4.78, 5) is 12.5. The number of nitrogens with zero attached hydrogens (tertiary/aromatic N) is 1. The first kappa shape index (κ1) is 27.3. The van der Waals surface area contributed by atoms with Gasteiger partial charge in [-0.1, -0.05) is 12.1 Å². The number of nitrogens with one attached hydrogen (secondary N) is 3. The Morgan fingerprint density at radius 3 is 2.11 bits per heavy atom. The monoisotopic (exact) mass is 552 g/mol. The summed E-state index contributed by atoms with van der Waals surface area (Å²) in [6.07, 6.45) is 2.92. The summed E-state index contributed by atoms with van der Waals surface area (Å²) in [5, 5.41) is 9.02. The lowest BCUT2D eigenvalue weighted by molar-refractivity contribution is -0.115. The number of methoxy groups -OCH3 is 1. The van der Waals surface area contributed by atoms with Gasteiger partial charge < -0.3 is 20.1 Å². The number of amides is 1. The fourth-order valence-electron chi connectivity index (χ4n) is 3.65. The zero-order valence-corrected chi connectivity index (χ0v) is 22.3. The minimum Gasteiger partial charge on any atom is -0.497 e. The summed E-state index contributed by atoms with van der Waals surface area (Å²) < 4.78 is 37.2. The van der Waals surface area contributed by atoms with Gasteiger partial charge in [0.2, 0.25) is 15.9 Å². The first-order chi connectivity index (χ1) is 18.3. The van der Waals surface area contributed by atoms with Gasteiger partial charge in [0.05, 0.1) is 25.2 Å². The van der Waals surface area contributed by atoms with E-state index in [4.69, 9.17) is 21.7 Å². The zero-order chi connectivity index (χ0) is 27.0. The Hall–Kier alpha value is -3.77. The van der Waals surface area contributed by atoms with Crippen LogP contribution >= 0.6 is 12.2 Å². The molecule has 0 spiro atoms. The van der Waals surface area contributed by atoms with Gasteiger partial charge in [-0.25, -0.2) is 8.42 Å². The van der Waals surface area contributed by atoms with Crippen LogP contribution in [0.25, 0.3) is 6.08 Å². The van der Waals surface area contributed by atoms with E-state index in [-0.39, 0.29) is 10.0 Å². The number of sulfonamides is 1. The van der Waals surface area contributed by atoms with Crippen molar-refractivity contribution in [1.82, 2.24) is 9.62 Å². The van der Waals surface area contributed by atoms with Crippen LogP contribution in [0, 0.1) is 0 Å². The van der Waals surface area contributed by atoms with Crippen molar-refractivity contribution in [3.8, 4) is 5.75 Å². The van der Waals surface area contributed by atoms with Gasteiger partial charge in [0.15, 0.2) is 5.11 Å². The number of morpholine rings is 1. The molecular weight excluding hydrogens is 524 g/mol. The van der Waals surface area contributed by atoms with Gasteiger partial charge in [-0.3, -0.25) is 10.1 Å². The molecule has 0 aromatic heterocycles. The van der Waals surface area contributed by atoms with Crippen molar-refractivity contribution < 1.29 is 22.7 Å². The summed E-state index contributed by atoms with van der Waals surface area (Å²) in [7, 11) is -1.94. The SMILES string of the molecule is COc1ccc(Nc2ccc(NC(=S)NC(=O)/C=C/c3ccc(S(=O)(=O)N4CCOCC4)cc3)cc2)cc1. The maximum Gasteiger partial charge on any atom is 0.250 e. The average molecular weight is 553 g/mol. The molecule has 0 bridgehead atoms. The fraction of sp³-hybridized carbons (Fsp3) is 0.185. The van der Waals surface area contributed by atoms with E-state index in [2.05, 4.69) is 16.0 Å². The maximum atomic E-state index is 12.7. The molecule has 0 saturated carbocycles. The Kier molecular flexibility index (Phi) is 9.08. The molecule has 1 aliphatic rings. The maximum absolute atomic E-state index is 12.7. The third kappa shape index (κ3) is 7.39. The van der Waals surface area contributed by atoms with Crippen molar-refractivity contribution >= 4 is 56.4 Å². The van der Waals surface area contributed by atoms with E-state index >= 15 is 0 Å². The van der Waals surface area contributed by atoms with E-state index in [1.165, 1.54) is 22.5 Å². The van der Waals surface area contributed by atoms with Gasteiger partial charge >= 0.3 is 0 Å². The van der Waals surface area contributed by atoms with Crippen LogP contribution in [0.4, 0.5) is 17.1 Å². The largest absolute Gasteiger partial charge is 0.497 e. The second kappa shape index (κ2) is 12.7. The number of anilines is 3. The summed E-state index contributed by atoms with van der Waals surface area (Å²) in [5.41, 5.74) is 3.22. The molecule has 0 atom stereocenters. The molecule has 0 radical (unpaired) electrons. The molecule has 3 aromatic rings. The number of hydrogen-bond acceptors (Lipinski definition) is 7. The van der Waals surface area contributed by atoms with E-state index in [0.717, 1.165) is 22.8 Å². The van der Waals surface area contributed by atoms with Crippen molar-refractivity contribution in [3.63, 3.8) is 0 Å². The second-order valence-corrected chi connectivity index (χ2v) is 10.6. The van der Waals surface area contributed by atoms with E-state index in [0.29, 0.717) is 31.9 Å². The number of carbonyl (C=O) groups excluding carboxylic acids is 1. The molecule has 3 aromatic carbocycles. The molecule has 3 N–H and O–H groups in total. The molecule has 0 unspecified atom stereocenters. The lowest BCUT2D eigenvalue weighted by Crippen LogP contribution is -2.40. The highest BCUT2D eigenvalue weighted by molar-refractivity contribution is 7.89. The lowest BCUT2D eigenvalue weighted by Gasteiger charge is -2.26. The van der Waals surface area contributed by atoms with Crippen LogP contribution in [-0.2, 0) is 19.6 Å². The molecule has 11 heteroatoms. The number of rotatable bonds is 8. The quantitative estimate of drug-likeness (QED) is 0.284. The highest BCUT2D eigenvalue weighted by Crippen LogP contribution is 2.21. The standard InChI is InChI=1S/C27H28N4O5S2/c1-35-24-11-9-22(10-12-24)28-21-5-7-23(8-6-21)29-27(37)30-26(32)15-4-20-2-13-25(14-3-20)38(33,34)31-16-18-36-19-17-31/h2-15,28H,16-19H2,1H3,(H2,29,30,32,37)/b15-4+. The normalized spacial score (nSPS) is 14.1. The summed E-state index contributed by atoms with van der Waals surface area (Å²) >= 11 is 5.24. The van der Waals surface area contributed by atoms with Crippen LogP contribution < -0.4 is 20.7 Å². The topological polar surface area (TPSA) is 109 Å². The Morgan fingerprint density at radius 2 is 1.50 bits per heavy atom. The number of ether oxygens (including phenoxy) is 2. The van der Waals surface area contributed by atoms with Gasteiger partial charge in [0.25, 0.3) is 0 Å². The van der Waals surface area contributed by atoms with Gasteiger partial charge in [-0.2, -0.15) is 4.31 Å². The smallest absolute Gasteiger partial charge is 0.250 e. The molecule has 38 heavy (non-hydrogen) atoms. The van der Waals surface area contributed by atoms with E-state index in [1.807, 2.05) is 48.5 Å². The first-order valence-corrected chi connectivity index (χ1v) is 13.7. The molecule has 1 aliphatic heterocycles. The van der Waals surface area contributed by atoms with Gasteiger partial charge in [0, 0.05) is 36.2 Å². The van der Waals surface area contributed by atoms with Crippen LogP contribution in [0.3, 0.4) is 0 Å². The minimum absolute atomic E-state index is 0.155. The zero-order valence-electron chi connectivity index (χ0n) is 20.7. The number of hydrogen-bond donors (Lipinski definition) is 3. The fourth-order valence-corrected chi connectivity index (χ4v) is 5.28. The average Bonchev–Trinajstić information content (AvgIpc) is 2.94. The van der Waals surface area contributed by atoms with E-state index in [9.17, 15) is 13.2 Å². The van der Waals surface area contributed by atoms with Gasteiger partial charge in [0.1, 0.15) is 5.75 Å². The number of carbonyl (C=O) groups is 1. The first-order valence-electron chi connectivity index (χ1n) is 11.8. The van der Waals surface area contributed by atoms with Crippen LogP contribution in [-0.4, -0.2) is 57.2 Å². The highest BCUT2D eigenvalue weighted by Gasteiger charge is 2.25. The van der Waals surface area contributed by atoms with Gasteiger partial charge in [-0.05, 0) is 84.5 Å². The van der Waals surface area contributed by atoms with Crippen LogP contribution in [0.2, 0.25) is 0 Å². The predicted octanol–water partition coefficient (Wildman–Crippen LogP) is 3.99. The summed E-state index contributed by atoms with van der Waals surface area (Å²) in [6, 6.07) is 21.4. The Morgan fingerprint density at radius 1 is 0.921 bits per heavy atom. The Labute approximate surface area is 227 Å². The summed E-state index contributed by atoms with van der Waals surface area (Å²) in [6.45, 7) is 1.45. The predicted molar refractivity (Wildman–Crippen MR) is 152 cm³/mol. The summed E-state index contributed by atoms with van der Waals surface area (Å²) in [5.74, 6) is 0.374. The number of benzene rings is 3. The molecule has 0 aliphatic carbocycles. The molecule has 198 valence electrons. The molecule has 9 nitrogen and oxygen atoms in total. The molecular formula is C27H28N4O5S2. The van der Waals surface area contributed by atoms with Crippen LogP contribution in [0.5, 0.6) is 5.75 Å². The van der Waals surface area contributed by atoms with Crippen LogP contribution in [0.15, 0.2) is 83.8 Å². The number of thiocarbonyl (C=S) groups is 1. The van der Waals surface area contributed by atoms with E-state index < -0.39 is 15.9 Å². The highest BCUT2D eigenvalue weighted by atomic mass is 32.2. The van der Waals surface area contributed by atoms with E-state index in [1.54, 1.807) is 25.3 Å². The van der Waals surface area contributed by atoms with Crippen molar-refractivity contribution in [3.05, 3.63) is 84.4 Å². The third-order valence-corrected chi connectivity index (χ3v) is 7.79. The van der Waals surface area contributed by atoms with Crippen molar-refractivity contribution in [2.75, 3.05) is 44.0 Å². The van der Waals surface area contributed by atoms with Crippen molar-refractivity contribution in [2.45, 2.75) is 4.90 Å². The molecule has 4 rings (SSSR count). The van der Waals surface area contributed by atoms with Gasteiger partial charge in [-0.15, -0.1) is 0 Å². The Bertz CT molecular complexity index is 1380.